The second kappa shape index (κ2) is 9.39. The van der Waals surface area contributed by atoms with Crippen molar-refractivity contribution in [1.82, 2.24) is 9.47 Å². The summed E-state index contributed by atoms with van der Waals surface area (Å²) in [5.74, 6) is 0.656. The van der Waals surface area contributed by atoms with E-state index in [9.17, 15) is 0 Å². The number of aryl methyl sites for hydroxylation is 2. The molecule has 2 atom stereocenters. The van der Waals surface area contributed by atoms with Crippen molar-refractivity contribution in [2.75, 3.05) is 13.1 Å². The molecule has 30 heavy (non-hydrogen) atoms. The van der Waals surface area contributed by atoms with Crippen LogP contribution in [0.3, 0.4) is 0 Å². The molecule has 0 spiro atoms. The van der Waals surface area contributed by atoms with Gasteiger partial charge in [-0.25, -0.2) is 0 Å². The number of rotatable bonds is 5. The van der Waals surface area contributed by atoms with Crippen LogP contribution in [0.2, 0.25) is 0 Å². The molecule has 1 aliphatic heterocycles. The Hall–Kier alpha value is -2.06. The van der Waals surface area contributed by atoms with E-state index in [4.69, 9.17) is 0 Å². The standard InChI is InChI=1S/C28H38N2/c1-21(2)24-14-16-25(17-15-24)28(29-18-7-5-6-8-19-29)26-13-10-20-30(26)27-22(3)11-9-12-23(27)4/h9-13,16,20,24,28H,1,5-8,14-15,17-19H2,2-4H3. The summed E-state index contributed by atoms with van der Waals surface area (Å²) in [6.07, 6.45) is 13.8. The van der Waals surface area contributed by atoms with E-state index in [1.807, 2.05) is 0 Å². The molecule has 2 aromatic rings. The highest BCUT2D eigenvalue weighted by molar-refractivity contribution is 5.49. The molecule has 1 saturated heterocycles. The van der Waals surface area contributed by atoms with Gasteiger partial charge in [0.1, 0.15) is 0 Å². The molecule has 0 N–H and O–H groups in total. The third-order valence-corrected chi connectivity index (χ3v) is 7.24. The minimum absolute atomic E-state index is 0.392. The molecule has 0 amide bonds. The van der Waals surface area contributed by atoms with Gasteiger partial charge < -0.3 is 4.57 Å². The Kier molecular flexibility index (Phi) is 6.63. The lowest BCUT2D eigenvalue weighted by Gasteiger charge is -2.36. The van der Waals surface area contributed by atoms with Crippen LogP contribution in [0.15, 0.2) is 60.3 Å². The Balaban J connectivity index is 1.76. The molecule has 2 aliphatic rings. The van der Waals surface area contributed by atoms with Crippen molar-refractivity contribution < 1.29 is 0 Å². The Labute approximate surface area is 183 Å². The first-order chi connectivity index (χ1) is 14.6. The quantitative estimate of drug-likeness (QED) is 0.476. The topological polar surface area (TPSA) is 8.17 Å². The minimum atomic E-state index is 0.392. The Morgan fingerprint density at radius 2 is 1.70 bits per heavy atom. The zero-order valence-corrected chi connectivity index (χ0v) is 19.2. The molecule has 2 heterocycles. The van der Waals surface area contributed by atoms with Crippen molar-refractivity contribution in [2.24, 2.45) is 5.92 Å². The van der Waals surface area contributed by atoms with Crippen LogP contribution in [0.1, 0.15) is 74.7 Å². The lowest BCUT2D eigenvalue weighted by atomic mass is 9.82. The fourth-order valence-electron chi connectivity index (χ4n) is 5.52. The molecule has 160 valence electrons. The predicted octanol–water partition coefficient (Wildman–Crippen LogP) is 7.31. The van der Waals surface area contributed by atoms with Crippen molar-refractivity contribution in [1.29, 1.82) is 0 Å². The van der Waals surface area contributed by atoms with Crippen LogP contribution in [-0.2, 0) is 0 Å². The molecule has 0 radical (unpaired) electrons. The van der Waals surface area contributed by atoms with Gasteiger partial charge in [0, 0.05) is 11.9 Å². The molecule has 2 unspecified atom stereocenters. The molecule has 1 fully saturated rings. The van der Waals surface area contributed by atoms with Crippen LogP contribution < -0.4 is 0 Å². The number of para-hydroxylation sites is 1. The average Bonchev–Trinajstić information content (AvgIpc) is 3.03. The molecule has 4 rings (SSSR count). The third-order valence-electron chi connectivity index (χ3n) is 7.24. The second-order valence-corrected chi connectivity index (χ2v) is 9.49. The normalized spacial score (nSPS) is 21.7. The summed E-state index contributed by atoms with van der Waals surface area (Å²) in [4.78, 5) is 2.78. The summed E-state index contributed by atoms with van der Waals surface area (Å²) < 4.78 is 2.48. The van der Waals surface area contributed by atoms with Gasteiger partial charge in [-0.05, 0) is 95.1 Å². The Morgan fingerprint density at radius 3 is 2.30 bits per heavy atom. The van der Waals surface area contributed by atoms with Crippen LogP contribution >= 0.6 is 0 Å². The molecule has 2 nitrogen and oxygen atoms in total. The zero-order chi connectivity index (χ0) is 21.1. The summed E-state index contributed by atoms with van der Waals surface area (Å²) in [6.45, 7) is 13.3. The predicted molar refractivity (Wildman–Crippen MR) is 128 cm³/mol. The Bertz CT molecular complexity index is 888. The molecule has 1 aromatic carbocycles. The van der Waals surface area contributed by atoms with Crippen molar-refractivity contribution in [2.45, 2.75) is 71.8 Å². The molecule has 2 heteroatoms. The molecule has 1 aliphatic carbocycles. The summed E-state index contributed by atoms with van der Waals surface area (Å²) in [6, 6.07) is 11.7. The van der Waals surface area contributed by atoms with Crippen molar-refractivity contribution in [3.05, 3.63) is 77.2 Å². The number of nitrogens with zero attached hydrogens (tertiary/aromatic N) is 2. The van der Waals surface area contributed by atoms with E-state index in [2.05, 4.69) is 79.4 Å². The number of hydrogen-bond donors (Lipinski definition) is 0. The maximum atomic E-state index is 4.23. The van der Waals surface area contributed by atoms with Crippen LogP contribution in [-0.4, -0.2) is 22.6 Å². The van der Waals surface area contributed by atoms with Gasteiger partial charge >= 0.3 is 0 Å². The van der Waals surface area contributed by atoms with E-state index in [0.29, 0.717) is 12.0 Å². The summed E-state index contributed by atoms with van der Waals surface area (Å²) >= 11 is 0. The van der Waals surface area contributed by atoms with Crippen molar-refractivity contribution >= 4 is 0 Å². The molecular formula is C28H38N2. The molecule has 0 bridgehead atoms. The number of hydrogen-bond acceptors (Lipinski definition) is 1. The van der Waals surface area contributed by atoms with Gasteiger partial charge in [-0.2, -0.15) is 0 Å². The van der Waals surface area contributed by atoms with Gasteiger partial charge in [-0.1, -0.05) is 54.8 Å². The highest BCUT2D eigenvalue weighted by Crippen LogP contribution is 2.40. The van der Waals surface area contributed by atoms with Crippen molar-refractivity contribution in [3.63, 3.8) is 0 Å². The summed E-state index contributed by atoms with van der Waals surface area (Å²) in [7, 11) is 0. The van der Waals surface area contributed by atoms with Gasteiger partial charge in [0.05, 0.1) is 11.7 Å². The minimum Gasteiger partial charge on any atom is -0.318 e. The first-order valence-electron chi connectivity index (χ1n) is 11.9. The van der Waals surface area contributed by atoms with Gasteiger partial charge in [0.15, 0.2) is 0 Å². The summed E-state index contributed by atoms with van der Waals surface area (Å²) in [5, 5.41) is 0. The second-order valence-electron chi connectivity index (χ2n) is 9.49. The lowest BCUT2D eigenvalue weighted by Crippen LogP contribution is -2.33. The van der Waals surface area contributed by atoms with Crippen LogP contribution in [0, 0.1) is 19.8 Å². The molecule has 0 saturated carbocycles. The van der Waals surface area contributed by atoms with Crippen LogP contribution in [0.5, 0.6) is 0 Å². The summed E-state index contributed by atoms with van der Waals surface area (Å²) in [5.41, 5.74) is 8.46. The van der Waals surface area contributed by atoms with E-state index in [1.165, 1.54) is 79.7 Å². The first kappa shape index (κ1) is 21.2. The molecular weight excluding hydrogens is 364 g/mol. The fourth-order valence-corrected chi connectivity index (χ4v) is 5.52. The fraction of sp³-hybridized carbons (Fsp3) is 0.500. The van der Waals surface area contributed by atoms with Gasteiger partial charge in [0.2, 0.25) is 0 Å². The van der Waals surface area contributed by atoms with Crippen molar-refractivity contribution in [3.8, 4) is 5.69 Å². The largest absolute Gasteiger partial charge is 0.318 e. The smallest absolute Gasteiger partial charge is 0.0719 e. The number of aromatic nitrogens is 1. The van der Waals surface area contributed by atoms with Gasteiger partial charge in [0.25, 0.3) is 0 Å². The maximum absolute atomic E-state index is 4.23. The van der Waals surface area contributed by atoms with Crippen LogP contribution in [0.4, 0.5) is 0 Å². The van der Waals surface area contributed by atoms with Gasteiger partial charge in [-0.3, -0.25) is 4.90 Å². The van der Waals surface area contributed by atoms with Crippen LogP contribution in [0.25, 0.3) is 5.69 Å². The number of benzene rings is 1. The third kappa shape index (κ3) is 4.34. The average molecular weight is 403 g/mol. The first-order valence-corrected chi connectivity index (χ1v) is 11.9. The van der Waals surface area contributed by atoms with E-state index in [0.717, 1.165) is 6.42 Å². The maximum Gasteiger partial charge on any atom is 0.0719 e. The van der Waals surface area contributed by atoms with E-state index in [1.54, 1.807) is 5.57 Å². The SMILES string of the molecule is C=C(C)C1CC=C(C(c2cccn2-c2c(C)cccc2C)N2CCCCCC2)CC1. The van der Waals surface area contributed by atoms with E-state index >= 15 is 0 Å². The van der Waals surface area contributed by atoms with Gasteiger partial charge in [-0.15, -0.1) is 0 Å². The number of likely N-dealkylation sites (tertiary alicyclic amines) is 1. The highest BCUT2D eigenvalue weighted by Gasteiger charge is 2.30. The van der Waals surface area contributed by atoms with E-state index in [-0.39, 0.29) is 0 Å². The zero-order valence-electron chi connectivity index (χ0n) is 19.2. The monoisotopic (exact) mass is 402 g/mol. The molecule has 1 aromatic heterocycles. The lowest BCUT2D eigenvalue weighted by molar-refractivity contribution is 0.219. The van der Waals surface area contributed by atoms with E-state index < -0.39 is 0 Å². The highest BCUT2D eigenvalue weighted by atomic mass is 15.2. The Morgan fingerprint density at radius 1 is 1.00 bits per heavy atom. The number of allylic oxidation sites excluding steroid dienone is 2.